The molecule has 0 aromatic carbocycles. The normalized spacial score (nSPS) is 12.6. The van der Waals surface area contributed by atoms with Gasteiger partial charge in [-0.25, -0.2) is 9.97 Å². The molecule has 2 aromatic heterocycles. The van der Waals surface area contributed by atoms with Crippen LogP contribution in [0.25, 0.3) is 10.2 Å². The number of hydrogen-bond acceptors (Lipinski definition) is 4. The molecule has 5 heteroatoms. The summed E-state index contributed by atoms with van der Waals surface area (Å²) in [6.45, 7) is 4.13. The van der Waals surface area contributed by atoms with Gasteiger partial charge in [-0.3, -0.25) is 0 Å². The smallest absolute Gasteiger partial charge is 0.127 e. The molecule has 16 heavy (non-hydrogen) atoms. The Balaban J connectivity index is 2.75. The summed E-state index contributed by atoms with van der Waals surface area (Å²) in [6.07, 6.45) is 1.54. The number of fused-ring (bicyclic) bond motifs is 1. The second kappa shape index (κ2) is 4.48. The fraction of sp³-hybridized carbons (Fsp3) is 0.364. The summed E-state index contributed by atoms with van der Waals surface area (Å²) < 4.78 is 0. The third-order valence-electron chi connectivity index (χ3n) is 2.63. The van der Waals surface area contributed by atoms with Gasteiger partial charge in [-0.2, -0.15) is 5.26 Å². The number of aryl methyl sites for hydroxylation is 2. The Morgan fingerprint density at radius 3 is 2.88 bits per heavy atom. The Bertz CT molecular complexity index is 570. The zero-order valence-corrected chi connectivity index (χ0v) is 11.4. The maximum Gasteiger partial charge on any atom is 0.127 e. The van der Waals surface area contributed by atoms with Crippen molar-refractivity contribution in [1.82, 2.24) is 9.97 Å². The average molecular weight is 296 g/mol. The van der Waals surface area contributed by atoms with Crippen molar-refractivity contribution in [2.75, 3.05) is 5.33 Å². The van der Waals surface area contributed by atoms with E-state index in [1.165, 1.54) is 10.4 Å². The summed E-state index contributed by atoms with van der Waals surface area (Å²) >= 11 is 5.01. The van der Waals surface area contributed by atoms with Crippen LogP contribution >= 0.6 is 27.3 Å². The number of alkyl halides is 1. The molecule has 0 radical (unpaired) electrons. The molecule has 0 aliphatic carbocycles. The number of thiophene rings is 1. The van der Waals surface area contributed by atoms with Crippen LogP contribution in [-0.2, 0) is 0 Å². The van der Waals surface area contributed by atoms with Gasteiger partial charge in [0.05, 0.1) is 17.7 Å². The number of halogens is 1. The molecule has 0 aliphatic rings. The maximum absolute atomic E-state index is 9.10. The summed E-state index contributed by atoms with van der Waals surface area (Å²) in [5.74, 6) is -0.210. The highest BCUT2D eigenvalue weighted by molar-refractivity contribution is 9.09. The lowest BCUT2D eigenvalue weighted by Crippen LogP contribution is -2.01. The molecule has 2 aromatic rings. The topological polar surface area (TPSA) is 49.6 Å². The van der Waals surface area contributed by atoms with E-state index in [2.05, 4.69) is 45.8 Å². The molecule has 1 unspecified atom stereocenters. The molecule has 0 bridgehead atoms. The van der Waals surface area contributed by atoms with E-state index in [0.29, 0.717) is 5.33 Å². The first kappa shape index (κ1) is 11.5. The van der Waals surface area contributed by atoms with Crippen molar-refractivity contribution in [3.05, 3.63) is 22.5 Å². The largest absolute Gasteiger partial charge is 0.239 e. The van der Waals surface area contributed by atoms with Gasteiger partial charge in [0.1, 0.15) is 11.2 Å². The highest BCUT2D eigenvalue weighted by Gasteiger charge is 2.18. The van der Waals surface area contributed by atoms with E-state index in [9.17, 15) is 0 Å². The quantitative estimate of drug-likeness (QED) is 0.799. The maximum atomic E-state index is 9.10. The van der Waals surface area contributed by atoms with Gasteiger partial charge in [-0.15, -0.1) is 11.3 Å². The van der Waals surface area contributed by atoms with E-state index in [1.54, 1.807) is 17.7 Å². The molecule has 0 amide bonds. The monoisotopic (exact) mass is 295 g/mol. The van der Waals surface area contributed by atoms with E-state index in [0.717, 1.165) is 15.9 Å². The van der Waals surface area contributed by atoms with E-state index < -0.39 is 0 Å². The molecule has 0 fully saturated rings. The SMILES string of the molecule is Cc1sc2ncnc(C(C#N)CBr)c2c1C. The fourth-order valence-corrected chi connectivity index (χ4v) is 3.10. The Labute approximate surface area is 106 Å². The van der Waals surface area contributed by atoms with Crippen LogP contribution in [-0.4, -0.2) is 15.3 Å². The van der Waals surface area contributed by atoms with Crippen LogP contribution in [0.1, 0.15) is 22.1 Å². The zero-order chi connectivity index (χ0) is 11.7. The molecule has 0 spiro atoms. The van der Waals surface area contributed by atoms with Gasteiger partial charge in [0, 0.05) is 15.6 Å². The van der Waals surface area contributed by atoms with Crippen molar-refractivity contribution in [2.45, 2.75) is 19.8 Å². The van der Waals surface area contributed by atoms with E-state index in [1.807, 2.05) is 0 Å². The van der Waals surface area contributed by atoms with Gasteiger partial charge < -0.3 is 0 Å². The Kier molecular flexibility index (Phi) is 3.22. The average Bonchev–Trinajstić information content (AvgIpc) is 2.57. The number of rotatable bonds is 2. The third kappa shape index (κ3) is 1.72. The molecule has 2 rings (SSSR count). The van der Waals surface area contributed by atoms with E-state index >= 15 is 0 Å². The highest BCUT2D eigenvalue weighted by atomic mass is 79.9. The van der Waals surface area contributed by atoms with Crippen LogP contribution < -0.4 is 0 Å². The van der Waals surface area contributed by atoms with Crippen LogP contribution in [0.2, 0.25) is 0 Å². The molecule has 1 atom stereocenters. The lowest BCUT2D eigenvalue weighted by molar-refractivity contribution is 0.942. The molecular weight excluding hydrogens is 286 g/mol. The van der Waals surface area contributed by atoms with Crippen molar-refractivity contribution in [1.29, 1.82) is 5.26 Å². The first-order valence-corrected chi connectivity index (χ1v) is 6.79. The first-order valence-electron chi connectivity index (χ1n) is 4.85. The minimum absolute atomic E-state index is 0.210. The number of aromatic nitrogens is 2. The highest BCUT2D eigenvalue weighted by Crippen LogP contribution is 2.33. The second-order valence-corrected chi connectivity index (χ2v) is 5.41. The molecule has 0 N–H and O–H groups in total. The Hall–Kier alpha value is -0.990. The summed E-state index contributed by atoms with van der Waals surface area (Å²) in [5.41, 5.74) is 2.03. The van der Waals surface area contributed by atoms with Gasteiger partial charge in [-0.05, 0) is 19.4 Å². The van der Waals surface area contributed by atoms with Crippen molar-refractivity contribution in [3.63, 3.8) is 0 Å². The zero-order valence-electron chi connectivity index (χ0n) is 8.99. The summed E-state index contributed by atoms with van der Waals surface area (Å²) in [5, 5.41) is 10.8. The number of hydrogen-bond donors (Lipinski definition) is 0. The van der Waals surface area contributed by atoms with Gasteiger partial charge >= 0.3 is 0 Å². The Morgan fingerprint density at radius 1 is 1.50 bits per heavy atom. The molecule has 2 heterocycles. The van der Waals surface area contributed by atoms with Gasteiger partial charge in [0.15, 0.2) is 0 Å². The summed E-state index contributed by atoms with van der Waals surface area (Å²) in [4.78, 5) is 10.7. The van der Waals surface area contributed by atoms with Gasteiger partial charge in [0.2, 0.25) is 0 Å². The fourth-order valence-electron chi connectivity index (χ4n) is 1.64. The summed E-state index contributed by atoms with van der Waals surface area (Å²) in [7, 11) is 0. The molecule has 0 aliphatic heterocycles. The number of nitrogens with zero attached hydrogens (tertiary/aromatic N) is 3. The molecular formula is C11H10BrN3S. The standard InChI is InChI=1S/C11H10BrN3S/c1-6-7(2)16-11-9(6)10(14-5-15-11)8(3-12)4-13/h5,8H,3H2,1-2H3. The second-order valence-electron chi connectivity index (χ2n) is 3.56. The van der Waals surface area contributed by atoms with Gasteiger partial charge in [0.25, 0.3) is 0 Å². The minimum Gasteiger partial charge on any atom is -0.239 e. The van der Waals surface area contributed by atoms with E-state index in [-0.39, 0.29) is 5.92 Å². The third-order valence-corrected chi connectivity index (χ3v) is 4.40. The number of nitriles is 1. The van der Waals surface area contributed by atoms with Crippen LogP contribution in [0.15, 0.2) is 6.33 Å². The predicted molar refractivity (Wildman–Crippen MR) is 69.0 cm³/mol. The van der Waals surface area contributed by atoms with E-state index in [4.69, 9.17) is 5.26 Å². The lowest BCUT2D eigenvalue weighted by Gasteiger charge is -2.06. The van der Waals surface area contributed by atoms with Crippen LogP contribution in [0.5, 0.6) is 0 Å². The molecule has 82 valence electrons. The molecule has 3 nitrogen and oxygen atoms in total. The Morgan fingerprint density at radius 2 is 2.25 bits per heavy atom. The van der Waals surface area contributed by atoms with Crippen molar-refractivity contribution < 1.29 is 0 Å². The first-order chi connectivity index (χ1) is 7.69. The molecule has 0 saturated heterocycles. The minimum atomic E-state index is -0.210. The summed E-state index contributed by atoms with van der Waals surface area (Å²) in [6, 6.07) is 2.26. The van der Waals surface area contributed by atoms with Crippen LogP contribution in [0.3, 0.4) is 0 Å². The van der Waals surface area contributed by atoms with Crippen molar-refractivity contribution >= 4 is 37.5 Å². The van der Waals surface area contributed by atoms with Gasteiger partial charge in [-0.1, -0.05) is 15.9 Å². The van der Waals surface area contributed by atoms with Crippen LogP contribution in [0.4, 0.5) is 0 Å². The predicted octanol–water partition coefficient (Wildman–Crippen LogP) is 3.31. The van der Waals surface area contributed by atoms with Crippen molar-refractivity contribution in [2.24, 2.45) is 0 Å². The lowest BCUT2D eigenvalue weighted by atomic mass is 10.0. The van der Waals surface area contributed by atoms with Crippen LogP contribution in [0, 0.1) is 25.2 Å². The van der Waals surface area contributed by atoms with Crippen molar-refractivity contribution in [3.8, 4) is 6.07 Å². The molecule has 0 saturated carbocycles.